The van der Waals surface area contributed by atoms with E-state index < -0.39 is 52.1 Å². The van der Waals surface area contributed by atoms with Crippen LogP contribution in [0.5, 0.6) is 0 Å². The van der Waals surface area contributed by atoms with Crippen molar-refractivity contribution in [2.45, 2.75) is 161 Å². The normalized spacial score (nSPS) is 22.3. The standard InChI is InChI=1S/C41H66O7SSi2/c1-30(42)46-35-28-31(47-41(44,40(35,11)12)25-26-45-50(13,14)38(5,6)7)27-32(29-36(43)49-37(2,3)4)48-51(39(8,9)10,33-21-17-15-18-22-33)34-23-19-16-20-24-34/h15-24,31-32,35,44H,25-29H2,1-14H3/t31?,32-,35+,41+/m1/s1. The lowest BCUT2D eigenvalue weighted by molar-refractivity contribution is -0.342. The van der Waals surface area contributed by atoms with Crippen molar-refractivity contribution in [3.8, 4) is 0 Å². The summed E-state index contributed by atoms with van der Waals surface area (Å²) in [5.74, 6) is -2.07. The van der Waals surface area contributed by atoms with Crippen LogP contribution in [0.2, 0.25) is 23.2 Å². The molecule has 51 heavy (non-hydrogen) atoms. The summed E-state index contributed by atoms with van der Waals surface area (Å²) in [6, 6.07) is 20.8. The summed E-state index contributed by atoms with van der Waals surface area (Å²) >= 11 is 1.32. The second-order valence-corrected chi connectivity index (χ2v) is 29.3. The van der Waals surface area contributed by atoms with E-state index in [0.29, 0.717) is 19.4 Å². The lowest BCUT2D eigenvalue weighted by Crippen LogP contribution is -2.68. The zero-order valence-electron chi connectivity index (χ0n) is 33.8. The van der Waals surface area contributed by atoms with Crippen LogP contribution in [0.3, 0.4) is 0 Å². The molecule has 0 spiro atoms. The van der Waals surface area contributed by atoms with E-state index >= 15 is 0 Å². The van der Waals surface area contributed by atoms with Crippen LogP contribution in [0.15, 0.2) is 60.7 Å². The number of hydrogen-bond acceptors (Lipinski definition) is 8. The molecule has 0 radical (unpaired) electrons. The number of esters is 1. The maximum Gasteiger partial charge on any atom is 0.302 e. The number of benzene rings is 2. The smallest absolute Gasteiger partial charge is 0.302 e. The summed E-state index contributed by atoms with van der Waals surface area (Å²) in [5, 5.41) is 14.4. The fourth-order valence-electron chi connectivity index (χ4n) is 6.82. The van der Waals surface area contributed by atoms with Crippen molar-refractivity contribution in [3.05, 3.63) is 60.7 Å². The third kappa shape index (κ3) is 10.7. The highest BCUT2D eigenvalue weighted by Crippen LogP contribution is 2.48. The highest BCUT2D eigenvalue weighted by molar-refractivity contribution is 8.14. The first kappa shape index (κ1) is 43.6. The molecule has 2 aromatic rings. The highest BCUT2D eigenvalue weighted by atomic mass is 32.2. The molecule has 0 aliphatic carbocycles. The van der Waals surface area contributed by atoms with Gasteiger partial charge < -0.3 is 23.4 Å². The van der Waals surface area contributed by atoms with Crippen LogP contribution >= 0.6 is 11.8 Å². The third-order valence-electron chi connectivity index (χ3n) is 10.8. The molecule has 1 unspecified atom stereocenters. The fourth-order valence-corrected chi connectivity index (χ4v) is 13.5. The van der Waals surface area contributed by atoms with Crippen molar-refractivity contribution in [3.63, 3.8) is 0 Å². The zero-order chi connectivity index (χ0) is 38.7. The average Bonchev–Trinajstić information content (AvgIpc) is 2.97. The molecule has 1 aliphatic heterocycles. The number of aliphatic hydroxyl groups is 1. The first-order valence-electron chi connectivity index (χ1n) is 18.5. The number of thioether (sulfide) groups is 1. The number of carbonyl (C=O) groups excluding carboxylic acids is 2. The van der Waals surface area contributed by atoms with Gasteiger partial charge in [0.15, 0.2) is 19.2 Å². The molecule has 1 heterocycles. The maximum absolute atomic E-state index is 13.8. The van der Waals surface area contributed by atoms with Gasteiger partial charge in [-0.2, -0.15) is 0 Å². The first-order valence-corrected chi connectivity index (χ1v) is 24.1. The second kappa shape index (κ2) is 16.3. The Morgan fingerprint density at radius 1 is 0.902 bits per heavy atom. The van der Waals surface area contributed by atoms with Gasteiger partial charge in [-0.1, -0.05) is 149 Å². The maximum atomic E-state index is 13.8. The van der Waals surface area contributed by atoms with Gasteiger partial charge in [-0.05, 0) is 40.0 Å². The van der Waals surface area contributed by atoms with Crippen molar-refractivity contribution in [1.29, 1.82) is 0 Å². The topological polar surface area (TPSA) is 91.3 Å². The van der Waals surface area contributed by atoms with E-state index in [0.717, 1.165) is 10.4 Å². The minimum absolute atomic E-state index is 0.00445. The molecule has 1 N–H and O–H groups in total. The minimum Gasteiger partial charge on any atom is -0.462 e. The van der Waals surface area contributed by atoms with Gasteiger partial charge in [0.25, 0.3) is 8.32 Å². The van der Waals surface area contributed by atoms with Gasteiger partial charge in [0, 0.05) is 37.5 Å². The van der Waals surface area contributed by atoms with Crippen LogP contribution in [0.25, 0.3) is 0 Å². The molecule has 10 heteroatoms. The van der Waals surface area contributed by atoms with Crippen LogP contribution < -0.4 is 10.4 Å². The molecule has 0 amide bonds. The minimum atomic E-state index is -3.07. The largest absolute Gasteiger partial charge is 0.462 e. The van der Waals surface area contributed by atoms with Crippen molar-refractivity contribution in [1.82, 2.24) is 0 Å². The number of rotatable bonds is 13. The molecule has 0 saturated carbocycles. The van der Waals surface area contributed by atoms with Gasteiger partial charge in [-0.15, -0.1) is 0 Å². The van der Waals surface area contributed by atoms with E-state index in [2.05, 4.69) is 78.9 Å². The molecule has 0 aromatic heterocycles. The average molecular weight is 759 g/mol. The Morgan fingerprint density at radius 3 is 1.84 bits per heavy atom. The van der Waals surface area contributed by atoms with E-state index in [4.69, 9.17) is 18.3 Å². The molecule has 1 saturated heterocycles. The summed E-state index contributed by atoms with van der Waals surface area (Å²) in [6.45, 7) is 29.2. The Labute approximate surface area is 315 Å². The van der Waals surface area contributed by atoms with Crippen LogP contribution in [-0.4, -0.2) is 68.3 Å². The van der Waals surface area contributed by atoms with E-state index in [-0.39, 0.29) is 32.8 Å². The van der Waals surface area contributed by atoms with Crippen LogP contribution in [-0.2, 0) is 27.9 Å². The summed E-state index contributed by atoms with van der Waals surface area (Å²) in [4.78, 5) is 26.3. The van der Waals surface area contributed by atoms with Crippen molar-refractivity contribution < 1.29 is 33.0 Å². The first-order chi connectivity index (χ1) is 23.2. The predicted molar refractivity (Wildman–Crippen MR) is 216 cm³/mol. The Kier molecular flexibility index (Phi) is 13.9. The lowest BCUT2D eigenvalue weighted by atomic mass is 9.71. The van der Waals surface area contributed by atoms with E-state index in [9.17, 15) is 14.7 Å². The molecule has 1 aliphatic rings. The molecular formula is C41H66O7SSi2. The molecular weight excluding hydrogens is 693 g/mol. The number of hydrogen-bond donors (Lipinski definition) is 1. The van der Waals surface area contributed by atoms with Gasteiger partial charge >= 0.3 is 5.97 Å². The van der Waals surface area contributed by atoms with Gasteiger partial charge in [0.2, 0.25) is 0 Å². The quantitative estimate of drug-likeness (QED) is 0.161. The fraction of sp³-hybridized carbons (Fsp3) is 0.659. The highest BCUT2D eigenvalue weighted by Gasteiger charge is 2.58. The van der Waals surface area contributed by atoms with Crippen LogP contribution in [0.4, 0.5) is 0 Å². The van der Waals surface area contributed by atoms with Gasteiger partial charge in [0.1, 0.15) is 6.10 Å². The number of carbonyl (C=O) groups is 2. The van der Waals surface area contributed by atoms with Crippen molar-refractivity contribution >= 4 is 49.9 Å². The van der Waals surface area contributed by atoms with E-state index in [1.54, 1.807) is 0 Å². The summed E-state index contributed by atoms with van der Waals surface area (Å²) < 4.78 is 26.5. The van der Waals surface area contributed by atoms with Gasteiger partial charge in [-0.25, -0.2) is 0 Å². The van der Waals surface area contributed by atoms with E-state index in [1.165, 1.54) is 18.7 Å². The molecule has 3 rings (SSSR count). The Morgan fingerprint density at radius 2 is 1.41 bits per heavy atom. The van der Waals surface area contributed by atoms with Gasteiger partial charge in [-0.3, -0.25) is 9.59 Å². The lowest BCUT2D eigenvalue weighted by Gasteiger charge is -2.53. The Hall–Kier alpha value is -1.80. The predicted octanol–water partition coefficient (Wildman–Crippen LogP) is 8.62. The zero-order valence-corrected chi connectivity index (χ0v) is 36.7. The summed E-state index contributed by atoms with van der Waals surface area (Å²) in [6.07, 6.45) is -0.661. The molecule has 286 valence electrons. The van der Waals surface area contributed by atoms with E-state index in [1.807, 2.05) is 71.0 Å². The molecule has 7 nitrogen and oxygen atoms in total. The molecule has 2 aromatic carbocycles. The third-order valence-corrected chi connectivity index (χ3v) is 21.4. The monoisotopic (exact) mass is 758 g/mol. The summed E-state index contributed by atoms with van der Waals surface area (Å²) in [5.41, 5.74) is -0.932. The Balaban J connectivity index is 2.11. The number of ether oxygens (including phenoxy) is 2. The second-order valence-electron chi connectivity index (χ2n) is 18.4. The van der Waals surface area contributed by atoms with Crippen LogP contribution in [0, 0.1) is 5.41 Å². The molecule has 1 fully saturated rings. The SMILES string of the molecule is CC(=O)O[C@H]1CC(C[C@H](CC(=O)SC(C)(C)C)O[Si](c2ccccc2)(c2ccccc2)C(C)(C)C)O[C@@](O)(CCO[Si](C)(C)C(C)(C)C)C1(C)C. The molecule has 4 atom stereocenters. The van der Waals surface area contributed by atoms with Crippen molar-refractivity contribution in [2.24, 2.45) is 5.41 Å². The summed E-state index contributed by atoms with van der Waals surface area (Å²) in [7, 11) is -5.18. The van der Waals surface area contributed by atoms with Gasteiger partial charge in [0.05, 0.1) is 17.6 Å². The van der Waals surface area contributed by atoms with Crippen molar-refractivity contribution in [2.75, 3.05) is 6.61 Å². The molecule has 0 bridgehead atoms. The Bertz CT molecular complexity index is 1400. The van der Waals surface area contributed by atoms with Crippen LogP contribution in [0.1, 0.15) is 109 Å².